The summed E-state index contributed by atoms with van der Waals surface area (Å²) < 4.78 is 6.35. The van der Waals surface area contributed by atoms with E-state index < -0.39 is 13.9 Å². The number of rotatable bonds is 2. The van der Waals surface area contributed by atoms with Crippen LogP contribution in [-0.4, -0.2) is 19.0 Å². The molecule has 1 N–H and O–H groups in total. The van der Waals surface area contributed by atoms with Gasteiger partial charge in [0.25, 0.3) is 0 Å². The van der Waals surface area contributed by atoms with Gasteiger partial charge in [-0.05, 0) is 31.1 Å². The first-order chi connectivity index (χ1) is 8.38. The van der Waals surface area contributed by atoms with Crippen LogP contribution in [0.5, 0.6) is 0 Å². The predicted octanol–water partition coefficient (Wildman–Crippen LogP) is 3.74. The number of aliphatic hydroxyl groups is 1. The highest BCUT2D eigenvalue weighted by atomic mass is 28.4. The number of benzene rings is 1. The highest BCUT2D eigenvalue weighted by molar-refractivity contribution is 6.71. The zero-order chi connectivity index (χ0) is 13.4. The lowest BCUT2D eigenvalue weighted by Crippen LogP contribution is -2.54. The molecule has 0 bridgehead atoms. The summed E-state index contributed by atoms with van der Waals surface area (Å²) in [5, 5.41) is 10.9. The second-order valence-corrected chi connectivity index (χ2v) is 10.2. The molecule has 3 heteroatoms. The van der Waals surface area contributed by atoms with Crippen LogP contribution < -0.4 is 0 Å². The van der Waals surface area contributed by atoms with Crippen LogP contribution in [-0.2, 0) is 4.43 Å². The zero-order valence-corrected chi connectivity index (χ0v) is 12.8. The van der Waals surface area contributed by atoms with E-state index in [0.717, 1.165) is 12.5 Å². The third-order valence-corrected chi connectivity index (χ3v) is 6.58. The van der Waals surface area contributed by atoms with Crippen LogP contribution in [0.3, 0.4) is 0 Å². The van der Waals surface area contributed by atoms with Gasteiger partial charge in [0.05, 0.1) is 11.7 Å². The van der Waals surface area contributed by atoms with Crippen molar-refractivity contribution < 1.29 is 9.53 Å². The highest BCUT2D eigenvalue weighted by Crippen LogP contribution is 2.46. The molecule has 2 rings (SSSR count). The Labute approximate surface area is 111 Å². The van der Waals surface area contributed by atoms with Crippen molar-refractivity contribution in [2.45, 2.75) is 51.1 Å². The molecule has 0 spiro atoms. The Morgan fingerprint density at radius 1 is 1.33 bits per heavy atom. The van der Waals surface area contributed by atoms with Crippen LogP contribution in [0.15, 0.2) is 30.3 Å². The van der Waals surface area contributed by atoms with Gasteiger partial charge in [-0.1, -0.05) is 44.2 Å². The Hall–Kier alpha value is -0.643. The fraction of sp³-hybridized carbons (Fsp3) is 0.600. The van der Waals surface area contributed by atoms with E-state index in [0.29, 0.717) is 0 Å². The summed E-state index contributed by atoms with van der Waals surface area (Å²) in [5.41, 5.74) is 0.617. The quantitative estimate of drug-likeness (QED) is 0.825. The van der Waals surface area contributed by atoms with Gasteiger partial charge in [0.2, 0.25) is 0 Å². The molecule has 1 heterocycles. The lowest BCUT2D eigenvalue weighted by atomic mass is 9.81. The molecular formula is C15H24O2Si. The molecule has 1 saturated heterocycles. The van der Waals surface area contributed by atoms with E-state index >= 15 is 0 Å². The third kappa shape index (κ3) is 2.53. The molecule has 1 aliphatic rings. The van der Waals surface area contributed by atoms with E-state index in [1.807, 2.05) is 18.2 Å². The average Bonchev–Trinajstić information content (AvgIpc) is 2.34. The Kier molecular flexibility index (Phi) is 3.67. The summed E-state index contributed by atoms with van der Waals surface area (Å²) in [7, 11) is -1.78. The van der Waals surface area contributed by atoms with E-state index in [1.165, 1.54) is 5.56 Å². The molecule has 3 atom stereocenters. The Morgan fingerprint density at radius 2 is 1.94 bits per heavy atom. The molecule has 1 fully saturated rings. The maximum absolute atomic E-state index is 10.9. The maximum atomic E-state index is 10.9. The van der Waals surface area contributed by atoms with Gasteiger partial charge in [-0.2, -0.15) is 0 Å². The van der Waals surface area contributed by atoms with Crippen molar-refractivity contribution in [3.63, 3.8) is 0 Å². The first-order valence-corrected chi connectivity index (χ1v) is 9.95. The molecule has 0 saturated carbocycles. The van der Waals surface area contributed by atoms with Crippen LogP contribution in [0.4, 0.5) is 0 Å². The first kappa shape index (κ1) is 13.8. The van der Waals surface area contributed by atoms with Crippen LogP contribution in [0, 0.1) is 5.92 Å². The van der Waals surface area contributed by atoms with Gasteiger partial charge < -0.3 is 9.53 Å². The SMILES string of the molecule is CC[C@]1(O)C[Si](C)(C)O[C@@H](c2ccccc2)[C@H]1C. The summed E-state index contributed by atoms with van der Waals surface area (Å²) in [6.07, 6.45) is 0.837. The second kappa shape index (κ2) is 4.80. The summed E-state index contributed by atoms with van der Waals surface area (Å²) >= 11 is 0. The van der Waals surface area contributed by atoms with Crippen molar-refractivity contribution in [2.75, 3.05) is 0 Å². The van der Waals surface area contributed by atoms with Gasteiger partial charge >= 0.3 is 0 Å². The minimum Gasteiger partial charge on any atom is -0.410 e. The molecule has 1 aromatic carbocycles. The molecule has 0 unspecified atom stereocenters. The van der Waals surface area contributed by atoms with Crippen LogP contribution >= 0.6 is 0 Å². The van der Waals surface area contributed by atoms with Crippen LogP contribution in [0.25, 0.3) is 0 Å². The van der Waals surface area contributed by atoms with Crippen molar-refractivity contribution >= 4 is 8.32 Å². The van der Waals surface area contributed by atoms with Crippen LogP contribution in [0.1, 0.15) is 31.9 Å². The van der Waals surface area contributed by atoms with Gasteiger partial charge in [0.15, 0.2) is 8.32 Å². The smallest absolute Gasteiger partial charge is 0.190 e. The van der Waals surface area contributed by atoms with E-state index in [4.69, 9.17) is 4.43 Å². The van der Waals surface area contributed by atoms with Crippen molar-refractivity contribution in [2.24, 2.45) is 5.92 Å². The fourth-order valence-electron chi connectivity index (χ4n) is 3.11. The molecular weight excluding hydrogens is 240 g/mol. The predicted molar refractivity (Wildman–Crippen MR) is 77.0 cm³/mol. The third-order valence-electron chi connectivity index (χ3n) is 4.22. The average molecular weight is 264 g/mol. The highest BCUT2D eigenvalue weighted by Gasteiger charge is 2.49. The molecule has 0 amide bonds. The van der Waals surface area contributed by atoms with E-state index in [2.05, 4.69) is 39.1 Å². The van der Waals surface area contributed by atoms with Crippen molar-refractivity contribution in [1.29, 1.82) is 0 Å². The molecule has 0 aliphatic carbocycles. The van der Waals surface area contributed by atoms with Crippen molar-refractivity contribution in [1.82, 2.24) is 0 Å². The number of hydrogen-bond acceptors (Lipinski definition) is 2. The molecule has 1 aromatic rings. The molecule has 1 aliphatic heterocycles. The topological polar surface area (TPSA) is 29.5 Å². The largest absolute Gasteiger partial charge is 0.410 e. The zero-order valence-electron chi connectivity index (χ0n) is 11.8. The van der Waals surface area contributed by atoms with Gasteiger partial charge in [0.1, 0.15) is 0 Å². The standard InChI is InChI=1S/C15H24O2Si/c1-5-15(16)11-18(3,4)17-14(12(15)2)13-9-7-6-8-10-13/h6-10,12,14,16H,5,11H2,1-4H3/t12-,14-,15+/m1/s1. The van der Waals surface area contributed by atoms with E-state index in [1.54, 1.807) is 0 Å². The summed E-state index contributed by atoms with van der Waals surface area (Å²) in [5.74, 6) is 0.144. The Bertz CT molecular complexity index is 404. The van der Waals surface area contributed by atoms with Crippen molar-refractivity contribution in [3.8, 4) is 0 Å². The minimum atomic E-state index is -1.78. The Balaban J connectivity index is 2.35. The monoisotopic (exact) mass is 264 g/mol. The fourth-order valence-corrected chi connectivity index (χ4v) is 6.27. The van der Waals surface area contributed by atoms with Crippen LogP contribution in [0.2, 0.25) is 19.1 Å². The molecule has 0 radical (unpaired) electrons. The van der Waals surface area contributed by atoms with Crippen molar-refractivity contribution in [3.05, 3.63) is 35.9 Å². The maximum Gasteiger partial charge on any atom is 0.190 e. The summed E-state index contributed by atoms with van der Waals surface area (Å²) in [6.45, 7) is 8.60. The molecule has 0 aromatic heterocycles. The summed E-state index contributed by atoms with van der Waals surface area (Å²) in [4.78, 5) is 0. The second-order valence-electron chi connectivity index (χ2n) is 6.13. The molecule has 100 valence electrons. The lowest BCUT2D eigenvalue weighted by Gasteiger charge is -2.49. The Morgan fingerprint density at radius 3 is 2.50 bits per heavy atom. The van der Waals surface area contributed by atoms with Gasteiger partial charge in [-0.15, -0.1) is 0 Å². The lowest BCUT2D eigenvalue weighted by molar-refractivity contribution is -0.0741. The minimum absolute atomic E-state index is 0.0339. The molecule has 2 nitrogen and oxygen atoms in total. The molecule has 18 heavy (non-hydrogen) atoms. The van der Waals surface area contributed by atoms with E-state index in [-0.39, 0.29) is 12.0 Å². The first-order valence-electron chi connectivity index (χ1n) is 6.83. The normalized spacial score (nSPS) is 35.4. The summed E-state index contributed by atoms with van der Waals surface area (Å²) in [6, 6.07) is 11.1. The van der Waals surface area contributed by atoms with Gasteiger partial charge in [-0.3, -0.25) is 0 Å². The van der Waals surface area contributed by atoms with E-state index in [9.17, 15) is 5.11 Å². The van der Waals surface area contributed by atoms with Gasteiger partial charge in [-0.25, -0.2) is 0 Å². The van der Waals surface area contributed by atoms with Gasteiger partial charge in [0, 0.05) is 5.92 Å². The number of hydrogen-bond donors (Lipinski definition) is 1.